The van der Waals surface area contributed by atoms with Gasteiger partial charge in [0.15, 0.2) is 4.90 Å². The Balaban J connectivity index is 2.01. The second-order valence-corrected chi connectivity index (χ2v) is 9.45. The number of halogens is 3. The maximum Gasteiger partial charge on any atom is 0.291 e. The molecule has 0 spiro atoms. The summed E-state index contributed by atoms with van der Waals surface area (Å²) in [5.74, 6) is -0.960. The van der Waals surface area contributed by atoms with Crippen LogP contribution in [0.1, 0.15) is 10.4 Å². The van der Waals surface area contributed by atoms with E-state index in [0.29, 0.717) is 5.02 Å². The predicted octanol–water partition coefficient (Wildman–Crippen LogP) is 5.52. The van der Waals surface area contributed by atoms with Crippen molar-refractivity contribution in [2.45, 2.75) is 4.90 Å². The number of hydrogen-bond donors (Lipinski definition) is 2. The molecule has 11 nitrogen and oxygen atoms in total. The third kappa shape index (κ3) is 5.54. The van der Waals surface area contributed by atoms with Crippen molar-refractivity contribution in [3.05, 3.63) is 95.5 Å². The van der Waals surface area contributed by atoms with Crippen molar-refractivity contribution >= 4 is 73.5 Å². The van der Waals surface area contributed by atoms with E-state index in [1.807, 2.05) is 0 Å². The first-order chi connectivity index (χ1) is 15.9. The number of nitro groups is 2. The maximum atomic E-state index is 12.9. The lowest BCUT2D eigenvalue weighted by Crippen LogP contribution is -2.18. The topological polar surface area (TPSA) is 162 Å². The van der Waals surface area contributed by atoms with Gasteiger partial charge in [-0.25, -0.2) is 8.42 Å². The van der Waals surface area contributed by atoms with E-state index in [2.05, 4.69) is 10.0 Å². The SMILES string of the molecule is O=C(Nc1ccc([N+](=O)[O-])cc1Cl)c1cc(S(=O)(=O)Nc2ccc(Cl)cc2)c([N+](=O)[O-])cc1Cl. The zero-order valence-corrected chi connectivity index (χ0v) is 19.6. The van der Waals surface area contributed by atoms with Gasteiger partial charge in [0.05, 0.1) is 31.1 Å². The number of nitrogens with one attached hydrogen (secondary N) is 2. The Morgan fingerprint density at radius 2 is 1.50 bits per heavy atom. The molecule has 3 rings (SSSR count). The highest BCUT2D eigenvalue weighted by atomic mass is 35.5. The third-order valence-corrected chi connectivity index (χ3v) is 6.58. The molecule has 0 aromatic heterocycles. The number of amides is 1. The second kappa shape index (κ2) is 9.81. The molecule has 0 saturated carbocycles. The summed E-state index contributed by atoms with van der Waals surface area (Å²) in [5, 5.41) is 24.4. The second-order valence-electron chi connectivity index (χ2n) is 6.54. The minimum atomic E-state index is -4.55. The molecule has 0 aliphatic heterocycles. The normalized spacial score (nSPS) is 11.0. The van der Waals surface area contributed by atoms with Crippen LogP contribution >= 0.6 is 34.8 Å². The molecule has 0 atom stereocenters. The number of carbonyl (C=O) groups excluding carboxylic acids is 1. The smallest absolute Gasteiger partial charge is 0.291 e. The molecule has 0 radical (unpaired) electrons. The highest BCUT2D eigenvalue weighted by Gasteiger charge is 2.30. The highest BCUT2D eigenvalue weighted by Crippen LogP contribution is 2.33. The minimum absolute atomic E-state index is 0.0321. The molecule has 0 aliphatic rings. The molecule has 34 heavy (non-hydrogen) atoms. The molecular formula is C19H11Cl3N4O7S. The number of anilines is 2. The fourth-order valence-electron chi connectivity index (χ4n) is 2.71. The van der Waals surface area contributed by atoms with Gasteiger partial charge in [-0.3, -0.25) is 29.7 Å². The summed E-state index contributed by atoms with van der Waals surface area (Å²) in [4.78, 5) is 32.6. The lowest BCUT2D eigenvalue weighted by atomic mass is 10.2. The number of benzene rings is 3. The Hall–Kier alpha value is -3.45. The lowest BCUT2D eigenvalue weighted by molar-refractivity contribution is -0.387. The van der Waals surface area contributed by atoms with E-state index in [1.54, 1.807) is 0 Å². The van der Waals surface area contributed by atoms with Crippen LogP contribution in [0.15, 0.2) is 59.5 Å². The van der Waals surface area contributed by atoms with Crippen LogP contribution in [0.5, 0.6) is 0 Å². The lowest BCUT2D eigenvalue weighted by Gasteiger charge is -2.12. The van der Waals surface area contributed by atoms with Crippen LogP contribution in [0.25, 0.3) is 0 Å². The van der Waals surface area contributed by atoms with E-state index in [4.69, 9.17) is 34.8 Å². The van der Waals surface area contributed by atoms with E-state index in [9.17, 15) is 33.4 Å². The van der Waals surface area contributed by atoms with Gasteiger partial charge in [-0.05, 0) is 36.4 Å². The Morgan fingerprint density at radius 1 is 0.853 bits per heavy atom. The number of hydrogen-bond acceptors (Lipinski definition) is 7. The summed E-state index contributed by atoms with van der Waals surface area (Å²) < 4.78 is 28.0. The number of carbonyl (C=O) groups is 1. The quantitative estimate of drug-likeness (QED) is 0.292. The number of nitrogens with zero attached hydrogens (tertiary/aromatic N) is 2. The standard InChI is InChI=1S/C19H11Cl3N4O7S/c20-10-1-3-11(4-2-10)24-34(32,33)18-8-13(14(21)9-17(18)26(30)31)19(27)23-16-6-5-12(25(28)29)7-15(16)22/h1-9,24H,(H,23,27). The predicted molar refractivity (Wildman–Crippen MR) is 126 cm³/mol. The molecule has 0 unspecified atom stereocenters. The molecule has 0 bridgehead atoms. The van der Waals surface area contributed by atoms with E-state index < -0.39 is 46.9 Å². The van der Waals surface area contributed by atoms with Crippen LogP contribution in [0.3, 0.4) is 0 Å². The van der Waals surface area contributed by atoms with Crippen molar-refractivity contribution in [3.8, 4) is 0 Å². The maximum absolute atomic E-state index is 12.9. The molecular weight excluding hydrogens is 535 g/mol. The van der Waals surface area contributed by atoms with E-state index in [-0.39, 0.29) is 22.1 Å². The van der Waals surface area contributed by atoms with E-state index >= 15 is 0 Å². The summed E-state index contributed by atoms with van der Waals surface area (Å²) in [6, 6.07) is 10.2. The van der Waals surface area contributed by atoms with Crippen LogP contribution < -0.4 is 10.0 Å². The average molecular weight is 546 g/mol. The Morgan fingerprint density at radius 3 is 2.06 bits per heavy atom. The monoisotopic (exact) mass is 544 g/mol. The molecule has 15 heteroatoms. The van der Waals surface area contributed by atoms with Crippen molar-refractivity contribution in [2.75, 3.05) is 10.0 Å². The number of non-ortho nitro benzene ring substituents is 1. The summed E-state index contributed by atoms with van der Waals surface area (Å²) in [7, 11) is -4.55. The molecule has 176 valence electrons. The van der Waals surface area contributed by atoms with Gasteiger partial charge < -0.3 is 5.32 Å². The van der Waals surface area contributed by atoms with Crippen LogP contribution in [-0.4, -0.2) is 24.2 Å². The fourth-order valence-corrected chi connectivity index (χ4v) is 4.54. The van der Waals surface area contributed by atoms with Crippen LogP contribution in [-0.2, 0) is 10.0 Å². The van der Waals surface area contributed by atoms with E-state index in [0.717, 1.165) is 30.3 Å². The molecule has 0 aliphatic carbocycles. The molecule has 0 saturated heterocycles. The molecule has 0 fully saturated rings. The van der Waals surface area contributed by atoms with Gasteiger partial charge in [-0.2, -0.15) is 0 Å². The summed E-state index contributed by atoms with van der Waals surface area (Å²) in [5.41, 5.74) is -1.57. The molecule has 2 N–H and O–H groups in total. The Bertz CT molecular complexity index is 1430. The minimum Gasteiger partial charge on any atom is -0.321 e. The largest absolute Gasteiger partial charge is 0.321 e. The Labute approximate surface area is 206 Å². The zero-order valence-electron chi connectivity index (χ0n) is 16.5. The van der Waals surface area contributed by atoms with Crippen molar-refractivity contribution in [1.29, 1.82) is 0 Å². The van der Waals surface area contributed by atoms with Crippen LogP contribution in [0.2, 0.25) is 15.1 Å². The van der Waals surface area contributed by atoms with Gasteiger partial charge in [0.1, 0.15) is 0 Å². The van der Waals surface area contributed by atoms with Gasteiger partial charge in [-0.1, -0.05) is 34.8 Å². The fraction of sp³-hybridized carbons (Fsp3) is 0. The summed E-state index contributed by atoms with van der Waals surface area (Å²) in [6.07, 6.45) is 0. The molecule has 0 heterocycles. The van der Waals surface area contributed by atoms with Crippen LogP contribution in [0.4, 0.5) is 22.7 Å². The molecule has 3 aromatic rings. The van der Waals surface area contributed by atoms with Gasteiger partial charge in [-0.15, -0.1) is 0 Å². The first-order valence-electron chi connectivity index (χ1n) is 8.90. The van der Waals surface area contributed by atoms with Crippen molar-refractivity contribution in [3.63, 3.8) is 0 Å². The van der Waals surface area contributed by atoms with Gasteiger partial charge in [0.2, 0.25) is 0 Å². The first-order valence-corrected chi connectivity index (χ1v) is 11.5. The van der Waals surface area contributed by atoms with E-state index in [1.165, 1.54) is 24.3 Å². The number of sulfonamides is 1. The number of nitro benzene ring substituents is 2. The van der Waals surface area contributed by atoms with Crippen molar-refractivity contribution in [2.24, 2.45) is 0 Å². The number of rotatable bonds is 7. The van der Waals surface area contributed by atoms with Gasteiger partial charge in [0.25, 0.3) is 27.3 Å². The summed E-state index contributed by atoms with van der Waals surface area (Å²) >= 11 is 17.8. The summed E-state index contributed by atoms with van der Waals surface area (Å²) in [6.45, 7) is 0. The van der Waals surface area contributed by atoms with Gasteiger partial charge in [0, 0.05) is 28.9 Å². The Kier molecular flexibility index (Phi) is 7.26. The van der Waals surface area contributed by atoms with Gasteiger partial charge >= 0.3 is 0 Å². The van der Waals surface area contributed by atoms with Crippen LogP contribution in [0, 0.1) is 20.2 Å². The highest BCUT2D eigenvalue weighted by molar-refractivity contribution is 7.92. The van der Waals surface area contributed by atoms with Crippen molar-refractivity contribution in [1.82, 2.24) is 0 Å². The third-order valence-electron chi connectivity index (χ3n) is 4.29. The molecule has 1 amide bonds. The van der Waals surface area contributed by atoms with Crippen molar-refractivity contribution < 1.29 is 23.1 Å². The first kappa shape index (κ1) is 25.2. The zero-order chi connectivity index (χ0) is 25.2. The average Bonchev–Trinajstić information content (AvgIpc) is 2.75. The molecule has 3 aromatic carbocycles.